The smallest absolute Gasteiger partial charge is 0.227 e. The molecule has 1 aliphatic heterocycles. The van der Waals surface area contributed by atoms with Crippen molar-refractivity contribution in [2.24, 2.45) is 13.0 Å². The Hall–Kier alpha value is -2.66. The molecule has 1 aliphatic rings. The number of aliphatic hydroxyl groups is 1. The van der Waals surface area contributed by atoms with E-state index in [-0.39, 0.29) is 11.8 Å². The van der Waals surface area contributed by atoms with Crippen molar-refractivity contribution in [3.8, 4) is 0 Å². The van der Waals surface area contributed by atoms with Crippen LogP contribution in [0.3, 0.4) is 0 Å². The first-order chi connectivity index (χ1) is 13.1. The molecule has 0 aliphatic carbocycles. The first kappa shape index (κ1) is 17.7. The van der Waals surface area contributed by atoms with Gasteiger partial charge in [-0.15, -0.1) is 0 Å². The van der Waals surface area contributed by atoms with Gasteiger partial charge in [-0.05, 0) is 42.5 Å². The van der Waals surface area contributed by atoms with Gasteiger partial charge in [0.25, 0.3) is 0 Å². The van der Waals surface area contributed by atoms with Crippen LogP contribution in [0, 0.1) is 5.92 Å². The number of carbonyl (C=O) groups excluding carboxylic acids is 1. The molecule has 0 bridgehead atoms. The SMILES string of the molecule is Cn1cc(CC(=O)N2CCC([C@@H](O)c3ccccn3)CC2)c2ccccc21. The maximum atomic E-state index is 12.8. The molecule has 5 heteroatoms. The van der Waals surface area contributed by atoms with Gasteiger partial charge in [0.1, 0.15) is 0 Å². The molecule has 1 fully saturated rings. The number of aliphatic hydroxyl groups excluding tert-OH is 1. The fraction of sp³-hybridized carbons (Fsp3) is 0.364. The number of nitrogens with zero attached hydrogens (tertiary/aromatic N) is 3. The molecule has 3 heterocycles. The average Bonchev–Trinajstić information content (AvgIpc) is 3.04. The maximum absolute atomic E-state index is 12.8. The summed E-state index contributed by atoms with van der Waals surface area (Å²) in [4.78, 5) is 19.0. The van der Waals surface area contributed by atoms with Crippen LogP contribution in [0.1, 0.15) is 30.2 Å². The Morgan fingerprint density at radius 1 is 1.19 bits per heavy atom. The van der Waals surface area contributed by atoms with E-state index in [9.17, 15) is 9.90 Å². The highest BCUT2D eigenvalue weighted by Gasteiger charge is 2.29. The number of hydrogen-bond acceptors (Lipinski definition) is 3. The molecule has 2 aromatic heterocycles. The number of aryl methyl sites for hydroxylation is 1. The van der Waals surface area contributed by atoms with E-state index < -0.39 is 6.10 Å². The molecule has 1 amide bonds. The predicted molar refractivity (Wildman–Crippen MR) is 105 cm³/mol. The Kier molecular flexibility index (Phi) is 4.94. The second-order valence-electron chi connectivity index (χ2n) is 7.38. The lowest BCUT2D eigenvalue weighted by Crippen LogP contribution is -2.40. The average molecular weight is 363 g/mol. The van der Waals surface area contributed by atoms with Gasteiger partial charge in [0, 0.05) is 43.4 Å². The molecule has 1 saturated heterocycles. The normalized spacial score (nSPS) is 16.6. The summed E-state index contributed by atoms with van der Waals surface area (Å²) in [6.45, 7) is 1.39. The maximum Gasteiger partial charge on any atom is 0.227 e. The van der Waals surface area contributed by atoms with Crippen LogP contribution >= 0.6 is 0 Å². The second-order valence-corrected chi connectivity index (χ2v) is 7.38. The standard InChI is InChI=1S/C22H25N3O2/c1-24-15-17(18-6-2-3-8-20(18)24)14-21(26)25-12-9-16(10-13-25)22(27)19-7-4-5-11-23-19/h2-8,11,15-16,22,27H,9-10,12-14H2,1H3/t22-/m1/s1. The van der Waals surface area contributed by atoms with Crippen LogP contribution in [0.2, 0.25) is 0 Å². The van der Waals surface area contributed by atoms with Gasteiger partial charge in [-0.25, -0.2) is 0 Å². The van der Waals surface area contributed by atoms with Gasteiger partial charge in [-0.2, -0.15) is 0 Å². The van der Waals surface area contributed by atoms with Crippen molar-refractivity contribution < 1.29 is 9.90 Å². The van der Waals surface area contributed by atoms with Crippen LogP contribution < -0.4 is 0 Å². The van der Waals surface area contributed by atoms with Crippen LogP contribution in [0.5, 0.6) is 0 Å². The predicted octanol–water partition coefficient (Wildman–Crippen LogP) is 3.09. The van der Waals surface area contributed by atoms with Crippen LogP contribution in [0.4, 0.5) is 0 Å². The number of carbonyl (C=O) groups is 1. The van der Waals surface area contributed by atoms with Gasteiger partial charge in [-0.1, -0.05) is 24.3 Å². The Balaban J connectivity index is 1.39. The Labute approximate surface area is 159 Å². The second kappa shape index (κ2) is 7.53. The molecule has 4 rings (SSSR count). The minimum atomic E-state index is -0.554. The van der Waals surface area contributed by atoms with Gasteiger partial charge < -0.3 is 14.6 Å². The number of hydrogen-bond donors (Lipinski definition) is 1. The lowest BCUT2D eigenvalue weighted by molar-refractivity contribution is -0.132. The molecule has 0 saturated carbocycles. The molecule has 0 spiro atoms. The summed E-state index contributed by atoms with van der Waals surface area (Å²) in [6.07, 6.45) is 5.25. The monoisotopic (exact) mass is 363 g/mol. The molecule has 140 valence electrons. The van der Waals surface area contributed by atoms with Crippen molar-refractivity contribution in [2.45, 2.75) is 25.4 Å². The van der Waals surface area contributed by atoms with Crippen molar-refractivity contribution in [2.75, 3.05) is 13.1 Å². The molecular weight excluding hydrogens is 338 g/mol. The van der Waals surface area contributed by atoms with E-state index in [1.807, 2.05) is 42.3 Å². The number of amides is 1. The zero-order chi connectivity index (χ0) is 18.8. The summed E-state index contributed by atoms with van der Waals surface area (Å²) in [7, 11) is 2.01. The topological polar surface area (TPSA) is 58.4 Å². The highest BCUT2D eigenvalue weighted by molar-refractivity contribution is 5.89. The van der Waals surface area contributed by atoms with E-state index >= 15 is 0 Å². The quantitative estimate of drug-likeness (QED) is 0.775. The summed E-state index contributed by atoms with van der Waals surface area (Å²) in [5.74, 6) is 0.318. The van der Waals surface area contributed by atoms with E-state index in [0.717, 1.165) is 35.0 Å². The van der Waals surface area contributed by atoms with Gasteiger partial charge in [-0.3, -0.25) is 9.78 Å². The lowest BCUT2D eigenvalue weighted by Gasteiger charge is -2.34. The Morgan fingerprint density at radius 2 is 1.93 bits per heavy atom. The lowest BCUT2D eigenvalue weighted by atomic mass is 9.89. The van der Waals surface area contributed by atoms with Crippen molar-refractivity contribution in [3.05, 3.63) is 66.1 Å². The first-order valence-electron chi connectivity index (χ1n) is 9.53. The molecule has 1 N–H and O–H groups in total. The van der Waals surface area contributed by atoms with Crippen LogP contribution in [0.25, 0.3) is 10.9 Å². The van der Waals surface area contributed by atoms with E-state index in [1.54, 1.807) is 6.20 Å². The van der Waals surface area contributed by atoms with Gasteiger partial charge in [0.15, 0.2) is 0 Å². The van der Waals surface area contributed by atoms with Crippen molar-refractivity contribution >= 4 is 16.8 Å². The number of piperidine rings is 1. The number of para-hydroxylation sites is 1. The molecule has 5 nitrogen and oxygen atoms in total. The third-order valence-electron chi connectivity index (χ3n) is 5.65. The van der Waals surface area contributed by atoms with Gasteiger partial charge in [0.05, 0.1) is 18.2 Å². The summed E-state index contributed by atoms with van der Waals surface area (Å²) in [5.41, 5.74) is 2.95. The highest BCUT2D eigenvalue weighted by Crippen LogP contribution is 2.30. The minimum Gasteiger partial charge on any atom is -0.387 e. The number of likely N-dealkylation sites (tertiary alicyclic amines) is 1. The van der Waals surface area contributed by atoms with Crippen LogP contribution in [-0.4, -0.2) is 38.6 Å². The van der Waals surface area contributed by atoms with E-state index in [2.05, 4.69) is 27.9 Å². The fourth-order valence-electron chi connectivity index (χ4n) is 4.10. The summed E-state index contributed by atoms with van der Waals surface area (Å²) < 4.78 is 2.08. The van der Waals surface area contributed by atoms with Crippen molar-refractivity contribution in [3.63, 3.8) is 0 Å². The van der Waals surface area contributed by atoms with Crippen molar-refractivity contribution in [1.82, 2.24) is 14.5 Å². The number of rotatable bonds is 4. The van der Waals surface area contributed by atoms with E-state index in [1.165, 1.54) is 0 Å². The minimum absolute atomic E-state index is 0.154. The van der Waals surface area contributed by atoms with Crippen LogP contribution in [0.15, 0.2) is 54.9 Å². The third kappa shape index (κ3) is 3.60. The molecule has 1 aromatic carbocycles. The number of pyridine rings is 1. The van der Waals surface area contributed by atoms with Crippen molar-refractivity contribution in [1.29, 1.82) is 0 Å². The van der Waals surface area contributed by atoms with Gasteiger partial charge >= 0.3 is 0 Å². The molecule has 1 atom stereocenters. The molecule has 3 aromatic rings. The highest BCUT2D eigenvalue weighted by atomic mass is 16.3. The summed E-state index contributed by atoms with van der Waals surface area (Å²) in [5, 5.41) is 11.7. The first-order valence-corrected chi connectivity index (χ1v) is 9.53. The third-order valence-corrected chi connectivity index (χ3v) is 5.65. The number of fused-ring (bicyclic) bond motifs is 1. The largest absolute Gasteiger partial charge is 0.387 e. The van der Waals surface area contributed by atoms with Crippen LogP contribution in [-0.2, 0) is 18.3 Å². The van der Waals surface area contributed by atoms with E-state index in [0.29, 0.717) is 19.5 Å². The fourth-order valence-corrected chi connectivity index (χ4v) is 4.10. The molecule has 0 radical (unpaired) electrons. The zero-order valence-electron chi connectivity index (χ0n) is 15.6. The summed E-state index contributed by atoms with van der Waals surface area (Å²) in [6, 6.07) is 13.8. The Morgan fingerprint density at radius 3 is 2.67 bits per heavy atom. The molecular formula is C22H25N3O2. The summed E-state index contributed by atoms with van der Waals surface area (Å²) >= 11 is 0. The molecule has 27 heavy (non-hydrogen) atoms. The Bertz CT molecular complexity index is 927. The number of benzene rings is 1. The van der Waals surface area contributed by atoms with E-state index in [4.69, 9.17) is 0 Å². The number of aromatic nitrogens is 2. The zero-order valence-corrected chi connectivity index (χ0v) is 15.6. The molecule has 0 unspecified atom stereocenters. The van der Waals surface area contributed by atoms with Gasteiger partial charge in [0.2, 0.25) is 5.91 Å².